The standard InChI is InChI=1S/C13H16O2/c1-9(8-14)11-7-6-10-4-3-5-12(15-2)13(10)11/h3-5,8-9,11H,6-7H2,1-2H3. The van der Waals surface area contributed by atoms with Gasteiger partial charge in [0.25, 0.3) is 0 Å². The number of ether oxygens (including phenoxy) is 1. The number of aldehydes is 1. The molecule has 1 aliphatic rings. The molecular formula is C13H16O2. The number of methoxy groups -OCH3 is 1. The largest absolute Gasteiger partial charge is 0.496 e. The summed E-state index contributed by atoms with van der Waals surface area (Å²) in [6, 6.07) is 6.13. The lowest BCUT2D eigenvalue weighted by Crippen LogP contribution is -2.08. The molecule has 2 unspecified atom stereocenters. The second-order valence-electron chi connectivity index (χ2n) is 4.17. The predicted octanol–water partition coefficient (Wildman–Crippen LogP) is 2.56. The van der Waals surface area contributed by atoms with Crippen LogP contribution < -0.4 is 4.74 Å². The van der Waals surface area contributed by atoms with Gasteiger partial charge in [0.05, 0.1) is 7.11 Å². The summed E-state index contributed by atoms with van der Waals surface area (Å²) < 4.78 is 5.37. The molecule has 0 radical (unpaired) electrons. The van der Waals surface area contributed by atoms with Gasteiger partial charge < -0.3 is 9.53 Å². The van der Waals surface area contributed by atoms with Crippen LogP contribution in [0.2, 0.25) is 0 Å². The van der Waals surface area contributed by atoms with Gasteiger partial charge in [0.1, 0.15) is 12.0 Å². The SMILES string of the molecule is COc1cccc2c1C(C(C)C=O)CC2. The zero-order valence-corrected chi connectivity index (χ0v) is 9.19. The molecule has 1 aromatic rings. The van der Waals surface area contributed by atoms with Gasteiger partial charge >= 0.3 is 0 Å². The highest BCUT2D eigenvalue weighted by Crippen LogP contribution is 2.42. The summed E-state index contributed by atoms with van der Waals surface area (Å²) in [7, 11) is 1.69. The van der Waals surface area contributed by atoms with E-state index in [0.29, 0.717) is 5.92 Å². The van der Waals surface area contributed by atoms with Crippen molar-refractivity contribution in [3.63, 3.8) is 0 Å². The van der Waals surface area contributed by atoms with E-state index in [1.54, 1.807) is 7.11 Å². The van der Waals surface area contributed by atoms with Crippen LogP contribution in [0.25, 0.3) is 0 Å². The number of carbonyl (C=O) groups excluding carboxylic acids is 1. The summed E-state index contributed by atoms with van der Waals surface area (Å²) >= 11 is 0. The Morgan fingerprint density at radius 3 is 3.00 bits per heavy atom. The fourth-order valence-corrected chi connectivity index (χ4v) is 2.48. The van der Waals surface area contributed by atoms with Gasteiger partial charge in [-0.15, -0.1) is 0 Å². The van der Waals surface area contributed by atoms with Crippen molar-refractivity contribution in [1.29, 1.82) is 0 Å². The van der Waals surface area contributed by atoms with Crippen LogP contribution in [0.1, 0.15) is 30.4 Å². The number of carbonyl (C=O) groups is 1. The van der Waals surface area contributed by atoms with E-state index in [0.717, 1.165) is 24.9 Å². The average molecular weight is 204 g/mol. The van der Waals surface area contributed by atoms with Gasteiger partial charge in [-0.05, 0) is 30.4 Å². The normalized spacial score (nSPS) is 20.8. The molecule has 2 nitrogen and oxygen atoms in total. The monoisotopic (exact) mass is 204 g/mol. The molecule has 0 spiro atoms. The Morgan fingerprint density at radius 2 is 2.33 bits per heavy atom. The van der Waals surface area contributed by atoms with E-state index in [9.17, 15) is 4.79 Å². The van der Waals surface area contributed by atoms with Crippen molar-refractivity contribution in [2.75, 3.05) is 7.11 Å². The minimum atomic E-state index is 0.0857. The van der Waals surface area contributed by atoms with Crippen molar-refractivity contribution in [2.24, 2.45) is 5.92 Å². The van der Waals surface area contributed by atoms with E-state index < -0.39 is 0 Å². The van der Waals surface area contributed by atoms with Crippen molar-refractivity contribution < 1.29 is 9.53 Å². The van der Waals surface area contributed by atoms with Gasteiger partial charge in [0.2, 0.25) is 0 Å². The first kappa shape index (κ1) is 10.2. The van der Waals surface area contributed by atoms with Crippen molar-refractivity contribution in [3.05, 3.63) is 29.3 Å². The number of rotatable bonds is 3. The highest BCUT2D eigenvalue weighted by atomic mass is 16.5. The van der Waals surface area contributed by atoms with Crippen LogP contribution in [-0.2, 0) is 11.2 Å². The Balaban J connectivity index is 2.43. The second-order valence-corrected chi connectivity index (χ2v) is 4.17. The topological polar surface area (TPSA) is 26.3 Å². The van der Waals surface area contributed by atoms with E-state index in [1.165, 1.54) is 11.1 Å². The lowest BCUT2D eigenvalue weighted by atomic mass is 9.89. The summed E-state index contributed by atoms with van der Waals surface area (Å²) in [5.41, 5.74) is 2.59. The quantitative estimate of drug-likeness (QED) is 0.707. The smallest absolute Gasteiger partial charge is 0.123 e. The number of hydrogen-bond donors (Lipinski definition) is 0. The number of fused-ring (bicyclic) bond motifs is 1. The van der Waals surface area contributed by atoms with Crippen molar-refractivity contribution in [1.82, 2.24) is 0 Å². The first-order valence-corrected chi connectivity index (χ1v) is 5.39. The lowest BCUT2D eigenvalue weighted by molar-refractivity contribution is -0.111. The van der Waals surface area contributed by atoms with E-state index in [2.05, 4.69) is 6.07 Å². The Morgan fingerprint density at radius 1 is 1.53 bits per heavy atom. The molecule has 0 fully saturated rings. The van der Waals surface area contributed by atoms with Gasteiger partial charge in [-0.2, -0.15) is 0 Å². The molecule has 80 valence electrons. The summed E-state index contributed by atoms with van der Waals surface area (Å²) in [4.78, 5) is 10.9. The Hall–Kier alpha value is -1.31. The van der Waals surface area contributed by atoms with E-state index in [-0.39, 0.29) is 5.92 Å². The predicted molar refractivity (Wildman–Crippen MR) is 59.3 cm³/mol. The molecule has 0 N–H and O–H groups in total. The van der Waals surface area contributed by atoms with E-state index >= 15 is 0 Å². The molecule has 1 aromatic carbocycles. The summed E-state index contributed by atoms with van der Waals surface area (Å²) in [6.07, 6.45) is 3.18. The van der Waals surface area contributed by atoms with Crippen LogP contribution in [0.4, 0.5) is 0 Å². The molecule has 0 saturated carbocycles. The summed E-state index contributed by atoms with van der Waals surface area (Å²) in [5.74, 6) is 1.36. The average Bonchev–Trinajstić information content (AvgIpc) is 2.71. The molecule has 15 heavy (non-hydrogen) atoms. The molecule has 2 heteroatoms. The Kier molecular flexibility index (Phi) is 2.76. The highest BCUT2D eigenvalue weighted by Gasteiger charge is 2.29. The fraction of sp³-hybridized carbons (Fsp3) is 0.462. The van der Waals surface area contributed by atoms with Gasteiger partial charge in [0, 0.05) is 11.5 Å². The minimum Gasteiger partial charge on any atom is -0.496 e. The first-order chi connectivity index (χ1) is 7.27. The maximum atomic E-state index is 10.9. The molecule has 0 aromatic heterocycles. The number of aryl methyl sites for hydroxylation is 1. The summed E-state index contributed by atoms with van der Waals surface area (Å²) in [5, 5.41) is 0. The molecule has 1 aliphatic carbocycles. The third-order valence-corrected chi connectivity index (χ3v) is 3.32. The highest BCUT2D eigenvalue weighted by molar-refractivity contribution is 5.58. The molecule has 2 rings (SSSR count). The Labute approximate surface area is 90.3 Å². The zero-order chi connectivity index (χ0) is 10.8. The molecule has 0 amide bonds. The fourth-order valence-electron chi connectivity index (χ4n) is 2.48. The van der Waals surface area contributed by atoms with E-state index in [4.69, 9.17) is 4.74 Å². The van der Waals surface area contributed by atoms with Gasteiger partial charge in [-0.3, -0.25) is 0 Å². The molecule has 0 bridgehead atoms. The van der Waals surface area contributed by atoms with Crippen LogP contribution in [0.15, 0.2) is 18.2 Å². The van der Waals surface area contributed by atoms with Gasteiger partial charge in [-0.25, -0.2) is 0 Å². The second kappa shape index (κ2) is 4.05. The minimum absolute atomic E-state index is 0.0857. The Bertz CT molecular complexity index is 371. The van der Waals surface area contributed by atoms with Crippen LogP contribution >= 0.6 is 0 Å². The van der Waals surface area contributed by atoms with E-state index in [1.807, 2.05) is 19.1 Å². The molecule has 0 aliphatic heterocycles. The van der Waals surface area contributed by atoms with Crippen LogP contribution in [0, 0.1) is 5.92 Å². The number of hydrogen-bond acceptors (Lipinski definition) is 2. The maximum absolute atomic E-state index is 10.9. The molecule has 0 saturated heterocycles. The summed E-state index contributed by atoms with van der Waals surface area (Å²) in [6.45, 7) is 1.99. The van der Waals surface area contributed by atoms with Crippen molar-refractivity contribution in [3.8, 4) is 5.75 Å². The molecule has 0 heterocycles. The molecule has 2 atom stereocenters. The lowest BCUT2D eigenvalue weighted by Gasteiger charge is -2.17. The van der Waals surface area contributed by atoms with Crippen LogP contribution in [0.5, 0.6) is 5.75 Å². The third-order valence-electron chi connectivity index (χ3n) is 3.32. The maximum Gasteiger partial charge on any atom is 0.123 e. The number of benzene rings is 1. The molecular weight excluding hydrogens is 188 g/mol. The third kappa shape index (κ3) is 1.65. The van der Waals surface area contributed by atoms with Gasteiger partial charge in [0.15, 0.2) is 0 Å². The van der Waals surface area contributed by atoms with Gasteiger partial charge in [-0.1, -0.05) is 19.1 Å². The van der Waals surface area contributed by atoms with Crippen LogP contribution in [0.3, 0.4) is 0 Å². The zero-order valence-electron chi connectivity index (χ0n) is 9.19. The van der Waals surface area contributed by atoms with Crippen molar-refractivity contribution in [2.45, 2.75) is 25.7 Å². The van der Waals surface area contributed by atoms with Crippen molar-refractivity contribution >= 4 is 6.29 Å². The van der Waals surface area contributed by atoms with Crippen LogP contribution in [-0.4, -0.2) is 13.4 Å². The first-order valence-electron chi connectivity index (χ1n) is 5.39.